The molecule has 0 radical (unpaired) electrons. The standard InChI is InChI=1S/C18H18ClN5O5/c19-9-3-1-8(2-4-9)13-14-11(25)12(26)17(29-14)24-16-10(15(20)21-7-22-16)23-18(24)28-6-5-27-13/h1-4,7,11-14,17,25-26H,5-6H2,(H2,20,21,22)/t11-,12+,13+,14-,17+/m0/s1. The maximum Gasteiger partial charge on any atom is 0.301 e. The summed E-state index contributed by atoms with van der Waals surface area (Å²) >= 11 is 5.98. The number of nitrogen functional groups attached to an aromatic ring is 1. The third-order valence-corrected chi connectivity index (χ3v) is 5.36. The molecule has 5 atom stereocenters. The molecule has 2 aliphatic heterocycles. The lowest BCUT2D eigenvalue weighted by molar-refractivity contribution is -0.120. The number of nitrogens with zero attached hydrogens (tertiary/aromatic N) is 4. The minimum absolute atomic E-state index is 0.151. The molecule has 0 unspecified atom stereocenters. The van der Waals surface area contributed by atoms with Gasteiger partial charge in [0, 0.05) is 5.02 Å². The summed E-state index contributed by atoms with van der Waals surface area (Å²) in [6.07, 6.45) is -3.67. The van der Waals surface area contributed by atoms with Crippen LogP contribution in [0.1, 0.15) is 17.9 Å². The van der Waals surface area contributed by atoms with Crippen molar-refractivity contribution < 1.29 is 24.4 Å². The van der Waals surface area contributed by atoms with Crippen LogP contribution in [-0.2, 0) is 9.47 Å². The monoisotopic (exact) mass is 419 g/mol. The van der Waals surface area contributed by atoms with Crippen molar-refractivity contribution >= 4 is 28.6 Å². The van der Waals surface area contributed by atoms with Crippen LogP contribution in [0.3, 0.4) is 0 Å². The molecule has 29 heavy (non-hydrogen) atoms. The van der Waals surface area contributed by atoms with Crippen molar-refractivity contribution in [3.63, 3.8) is 0 Å². The lowest BCUT2D eigenvalue weighted by atomic mass is 9.99. The SMILES string of the molecule is Nc1ncnc2c1nc1n2[C@@H]2O[C@@H]([C@@H](O)[C@H]2O)[C@@H](c2ccc(Cl)cc2)OCCO1. The molecule has 11 heteroatoms. The fraction of sp³-hybridized carbons (Fsp3) is 0.389. The molecule has 0 spiro atoms. The average molecular weight is 420 g/mol. The largest absolute Gasteiger partial charge is 0.462 e. The van der Waals surface area contributed by atoms with E-state index >= 15 is 0 Å². The van der Waals surface area contributed by atoms with Crippen molar-refractivity contribution in [1.29, 1.82) is 0 Å². The molecule has 2 aliphatic rings. The van der Waals surface area contributed by atoms with E-state index in [0.717, 1.165) is 5.56 Å². The highest BCUT2D eigenvalue weighted by molar-refractivity contribution is 6.30. The molecule has 2 bridgehead atoms. The Hall–Kier alpha value is -2.50. The van der Waals surface area contributed by atoms with Crippen molar-refractivity contribution in [3.05, 3.63) is 41.2 Å². The Morgan fingerprint density at radius 1 is 1.10 bits per heavy atom. The quantitative estimate of drug-likeness (QED) is 0.523. The highest BCUT2D eigenvalue weighted by Crippen LogP contribution is 2.41. The van der Waals surface area contributed by atoms with Gasteiger partial charge in [-0.05, 0) is 17.7 Å². The molecule has 4 N–H and O–H groups in total. The van der Waals surface area contributed by atoms with Gasteiger partial charge in [-0.25, -0.2) is 14.5 Å². The zero-order chi connectivity index (χ0) is 20.1. The number of ether oxygens (including phenoxy) is 3. The molecule has 1 aromatic carbocycles. The number of nitrogens with two attached hydrogens (primary N) is 1. The van der Waals surface area contributed by atoms with E-state index in [1.807, 2.05) is 0 Å². The van der Waals surface area contributed by atoms with Gasteiger partial charge in [0.1, 0.15) is 37.4 Å². The van der Waals surface area contributed by atoms with E-state index in [9.17, 15) is 10.2 Å². The molecule has 152 valence electrons. The van der Waals surface area contributed by atoms with Crippen LogP contribution in [0, 0.1) is 0 Å². The Morgan fingerprint density at radius 2 is 1.90 bits per heavy atom. The number of fused-ring (bicyclic) bond motifs is 6. The first kappa shape index (κ1) is 18.5. The van der Waals surface area contributed by atoms with Crippen LogP contribution in [0.2, 0.25) is 5.02 Å². The van der Waals surface area contributed by atoms with Crippen LogP contribution in [0.25, 0.3) is 11.2 Å². The third kappa shape index (κ3) is 3.00. The number of hydrogen-bond acceptors (Lipinski definition) is 9. The Balaban J connectivity index is 1.60. The van der Waals surface area contributed by atoms with Gasteiger partial charge in [0.05, 0.1) is 6.61 Å². The number of hydrogen-bond donors (Lipinski definition) is 3. The number of benzene rings is 1. The molecular weight excluding hydrogens is 402 g/mol. The molecule has 2 aromatic heterocycles. The van der Waals surface area contributed by atoms with Crippen LogP contribution in [0.5, 0.6) is 6.01 Å². The predicted octanol–water partition coefficient (Wildman–Crippen LogP) is 0.831. The zero-order valence-corrected chi connectivity index (χ0v) is 15.8. The van der Waals surface area contributed by atoms with Crippen molar-refractivity contribution in [2.75, 3.05) is 18.9 Å². The van der Waals surface area contributed by atoms with Crippen LogP contribution in [0.4, 0.5) is 5.82 Å². The first-order valence-electron chi connectivity index (χ1n) is 9.04. The second-order valence-electron chi connectivity index (χ2n) is 6.86. The van der Waals surface area contributed by atoms with Gasteiger partial charge in [-0.2, -0.15) is 4.98 Å². The first-order valence-corrected chi connectivity index (χ1v) is 9.42. The molecule has 1 saturated heterocycles. The number of halogens is 1. The van der Waals surface area contributed by atoms with Gasteiger partial charge in [0.15, 0.2) is 23.2 Å². The normalized spacial score (nSPS) is 29.4. The summed E-state index contributed by atoms with van der Waals surface area (Å²) in [6, 6.07) is 7.19. The molecule has 3 aromatic rings. The molecule has 0 saturated carbocycles. The average Bonchev–Trinajstić information content (AvgIpc) is 3.22. The molecule has 4 heterocycles. The second-order valence-corrected chi connectivity index (χ2v) is 7.30. The number of rotatable bonds is 1. The topological polar surface area (TPSA) is 138 Å². The summed E-state index contributed by atoms with van der Waals surface area (Å²) in [5.74, 6) is 0.174. The number of aliphatic hydroxyl groups is 2. The molecule has 10 nitrogen and oxygen atoms in total. The maximum atomic E-state index is 10.8. The smallest absolute Gasteiger partial charge is 0.301 e. The van der Waals surface area contributed by atoms with E-state index in [-0.39, 0.29) is 25.0 Å². The van der Waals surface area contributed by atoms with E-state index < -0.39 is 30.6 Å². The number of imidazole rings is 1. The van der Waals surface area contributed by atoms with E-state index in [1.54, 1.807) is 24.3 Å². The lowest BCUT2D eigenvalue weighted by Crippen LogP contribution is -2.36. The van der Waals surface area contributed by atoms with Gasteiger partial charge in [-0.1, -0.05) is 23.7 Å². The summed E-state index contributed by atoms with van der Waals surface area (Å²) in [5.41, 5.74) is 7.33. The van der Waals surface area contributed by atoms with Gasteiger partial charge in [-0.3, -0.25) is 0 Å². The van der Waals surface area contributed by atoms with Crippen LogP contribution >= 0.6 is 11.6 Å². The van der Waals surface area contributed by atoms with Crippen LogP contribution < -0.4 is 10.5 Å². The van der Waals surface area contributed by atoms with Crippen LogP contribution in [0.15, 0.2) is 30.6 Å². The maximum absolute atomic E-state index is 10.8. The Labute approximate surface area is 169 Å². The van der Waals surface area contributed by atoms with Gasteiger partial charge in [-0.15, -0.1) is 0 Å². The molecule has 1 fully saturated rings. The van der Waals surface area contributed by atoms with Crippen molar-refractivity contribution in [1.82, 2.24) is 19.5 Å². The predicted molar refractivity (Wildman–Crippen MR) is 101 cm³/mol. The van der Waals surface area contributed by atoms with Gasteiger partial charge < -0.3 is 30.2 Å². The summed E-state index contributed by atoms with van der Waals surface area (Å²) in [7, 11) is 0. The minimum Gasteiger partial charge on any atom is -0.462 e. The molecule has 5 rings (SSSR count). The summed E-state index contributed by atoms with van der Waals surface area (Å²) in [4.78, 5) is 12.5. The summed E-state index contributed by atoms with van der Waals surface area (Å²) < 4.78 is 19.3. The number of anilines is 1. The highest BCUT2D eigenvalue weighted by atomic mass is 35.5. The fourth-order valence-corrected chi connectivity index (χ4v) is 3.85. The van der Waals surface area contributed by atoms with E-state index in [2.05, 4.69) is 15.0 Å². The van der Waals surface area contributed by atoms with Gasteiger partial charge in [0.25, 0.3) is 0 Å². The summed E-state index contributed by atoms with van der Waals surface area (Å²) in [6.45, 7) is 0.386. The second kappa shape index (κ2) is 7.08. The van der Waals surface area contributed by atoms with E-state index in [4.69, 9.17) is 31.5 Å². The summed E-state index contributed by atoms with van der Waals surface area (Å²) in [5, 5.41) is 22.1. The Bertz CT molecular complexity index is 1050. The molecule has 0 amide bonds. The van der Waals surface area contributed by atoms with Crippen molar-refractivity contribution in [3.8, 4) is 6.01 Å². The molecular formula is C18H18ClN5O5. The van der Waals surface area contributed by atoms with E-state index in [0.29, 0.717) is 16.2 Å². The zero-order valence-electron chi connectivity index (χ0n) is 15.1. The fourth-order valence-electron chi connectivity index (χ4n) is 3.73. The Kier molecular flexibility index (Phi) is 4.52. The van der Waals surface area contributed by atoms with Gasteiger partial charge >= 0.3 is 6.01 Å². The molecule has 0 aliphatic carbocycles. The minimum atomic E-state index is -1.27. The van der Waals surface area contributed by atoms with Crippen molar-refractivity contribution in [2.45, 2.75) is 30.6 Å². The van der Waals surface area contributed by atoms with Crippen LogP contribution in [-0.4, -0.2) is 61.3 Å². The Morgan fingerprint density at radius 3 is 2.69 bits per heavy atom. The van der Waals surface area contributed by atoms with Gasteiger partial charge in [0.2, 0.25) is 0 Å². The van der Waals surface area contributed by atoms with Crippen molar-refractivity contribution in [2.24, 2.45) is 0 Å². The highest BCUT2D eigenvalue weighted by Gasteiger charge is 2.49. The lowest BCUT2D eigenvalue weighted by Gasteiger charge is -2.27. The first-order chi connectivity index (χ1) is 14.0. The third-order valence-electron chi connectivity index (χ3n) is 5.11. The number of aromatic nitrogens is 4. The van der Waals surface area contributed by atoms with E-state index in [1.165, 1.54) is 10.9 Å². The number of aliphatic hydroxyl groups excluding tert-OH is 2.